The Bertz CT molecular complexity index is 2260. The minimum atomic E-state index is -1.15. The molecule has 352 valence electrons. The van der Waals surface area contributed by atoms with Gasteiger partial charge in [0.25, 0.3) is 0 Å². The Labute approximate surface area is 407 Å². The van der Waals surface area contributed by atoms with Crippen molar-refractivity contribution in [2.24, 2.45) is 41.4 Å². The van der Waals surface area contributed by atoms with Gasteiger partial charge in [-0.25, -0.2) is 0 Å². The number of hydrogen-bond acceptors (Lipinski definition) is 5. The molecule has 0 spiro atoms. The Balaban J connectivity index is 0.00000793. The first-order chi connectivity index (χ1) is 30.6. The van der Waals surface area contributed by atoms with Crippen LogP contribution in [0, 0.1) is 55.3 Å². The largest absolute Gasteiger partial charge is 2.00 e. The van der Waals surface area contributed by atoms with Gasteiger partial charge in [-0.1, -0.05) is 151 Å². The summed E-state index contributed by atoms with van der Waals surface area (Å²) in [5.74, 6) is 0.498. The van der Waals surface area contributed by atoms with Crippen molar-refractivity contribution in [1.29, 1.82) is 0 Å². The Kier molecular flexibility index (Phi) is 19.0. The standard InChI is InChI=1S/C55H78N4O5.Mg/c1-13-39-35(8)42-28-44-37(10)41(24-25-48(60)64-27-26-34(7)23-17-22-33(6)21-16-20-32(5)19-15-18-31(3)4)52(58-44)50-51(55(62)63-12)54(61)49-38(11)45(59-53(49)50)30-47-40(14-2)36(9)43(57-47)29-46(39)56-42;/h26,28-33,37,39,41,51-52,54,61H,13-25,27H2,1-12H3;/q-4;+2/b34-26+,44-28-,45-30-,46-29-;/t32-,33+,37+,39-,41+,51-,52?,54+;/m1./s1. The number of aliphatic hydroxyl groups is 1. The van der Waals surface area contributed by atoms with Crippen molar-refractivity contribution in [1.82, 2.24) is 9.97 Å². The quantitative estimate of drug-likeness (QED) is 0.0796. The first kappa shape index (κ1) is 52.5. The van der Waals surface area contributed by atoms with Crippen molar-refractivity contribution in [3.63, 3.8) is 0 Å². The van der Waals surface area contributed by atoms with Gasteiger partial charge < -0.3 is 35.2 Å². The second-order valence-corrected chi connectivity index (χ2v) is 20.2. The molecular weight excluding hydrogens is 821 g/mol. The molecular formula is C55H78MgN4O5-2. The van der Waals surface area contributed by atoms with Crippen molar-refractivity contribution in [2.75, 3.05) is 13.7 Å². The Hall–Kier alpha value is -3.47. The van der Waals surface area contributed by atoms with Gasteiger partial charge in [-0.05, 0) is 107 Å². The fourth-order valence-corrected chi connectivity index (χ4v) is 10.9. The number of carbonyl (C=O) groups is 2. The van der Waals surface area contributed by atoms with Gasteiger partial charge in [0.05, 0.1) is 13.2 Å². The van der Waals surface area contributed by atoms with E-state index in [1.165, 1.54) is 63.2 Å². The summed E-state index contributed by atoms with van der Waals surface area (Å²) in [6.45, 7) is 24.5. The number of methoxy groups -OCH3 is 1. The van der Waals surface area contributed by atoms with Gasteiger partial charge in [0, 0.05) is 6.42 Å². The molecule has 1 aliphatic carbocycles. The van der Waals surface area contributed by atoms with Gasteiger partial charge in [-0.2, -0.15) is 11.4 Å². The molecule has 10 heteroatoms. The summed E-state index contributed by atoms with van der Waals surface area (Å²) in [6.07, 6.45) is 20.9. The number of carbonyl (C=O) groups excluding carboxylic acids is 2. The van der Waals surface area contributed by atoms with E-state index in [1.807, 2.05) is 13.0 Å². The van der Waals surface area contributed by atoms with E-state index in [0.717, 1.165) is 88.6 Å². The Morgan fingerprint density at radius 3 is 2.18 bits per heavy atom. The minimum absolute atomic E-state index is 0. The third kappa shape index (κ3) is 12.0. The summed E-state index contributed by atoms with van der Waals surface area (Å²) < 4.78 is 11.2. The summed E-state index contributed by atoms with van der Waals surface area (Å²) >= 11 is 0. The molecule has 0 saturated carbocycles. The molecule has 2 aromatic heterocycles. The van der Waals surface area contributed by atoms with E-state index in [9.17, 15) is 14.7 Å². The Morgan fingerprint density at radius 1 is 0.862 bits per heavy atom. The third-order valence-electron chi connectivity index (χ3n) is 15.1. The molecule has 0 radical (unpaired) electrons. The summed E-state index contributed by atoms with van der Waals surface area (Å²) in [6, 6.07) is -0.525. The molecule has 0 amide bonds. The van der Waals surface area contributed by atoms with Crippen molar-refractivity contribution >= 4 is 52.7 Å². The molecule has 6 rings (SSSR count). The molecule has 0 aromatic carbocycles. The zero-order valence-electron chi connectivity index (χ0n) is 42.0. The van der Waals surface area contributed by atoms with Crippen LogP contribution in [-0.2, 0) is 25.5 Å². The van der Waals surface area contributed by atoms with Crippen LogP contribution in [0.5, 0.6) is 0 Å². The molecule has 8 bridgehead atoms. The maximum atomic E-state index is 13.7. The van der Waals surface area contributed by atoms with Crippen LogP contribution in [-0.4, -0.2) is 59.9 Å². The van der Waals surface area contributed by atoms with E-state index >= 15 is 0 Å². The zero-order chi connectivity index (χ0) is 46.4. The monoisotopic (exact) mass is 899 g/mol. The van der Waals surface area contributed by atoms with Crippen molar-refractivity contribution in [3.8, 4) is 0 Å². The van der Waals surface area contributed by atoms with Gasteiger partial charge in [-0.3, -0.25) is 9.59 Å². The molecule has 1 saturated heterocycles. The van der Waals surface area contributed by atoms with E-state index in [4.69, 9.17) is 30.1 Å². The number of rotatable bonds is 20. The van der Waals surface area contributed by atoms with E-state index in [-0.39, 0.29) is 59.8 Å². The maximum absolute atomic E-state index is 13.7. The van der Waals surface area contributed by atoms with Crippen LogP contribution >= 0.6 is 0 Å². The van der Waals surface area contributed by atoms with Crippen LogP contribution in [0.2, 0.25) is 0 Å². The van der Waals surface area contributed by atoms with Crippen LogP contribution in [0.25, 0.3) is 28.4 Å². The summed E-state index contributed by atoms with van der Waals surface area (Å²) in [5.41, 5.74) is 11.3. The molecule has 2 aromatic rings. The molecule has 5 heterocycles. The van der Waals surface area contributed by atoms with Gasteiger partial charge in [-0.15, -0.1) is 27.8 Å². The van der Waals surface area contributed by atoms with Gasteiger partial charge in [0.15, 0.2) is 0 Å². The first-order valence-corrected chi connectivity index (χ1v) is 24.8. The Morgan fingerprint density at radius 2 is 1.54 bits per heavy atom. The average Bonchev–Trinajstić information content (AvgIpc) is 3.99. The van der Waals surface area contributed by atoms with Gasteiger partial charge in [0.1, 0.15) is 12.5 Å². The predicted molar refractivity (Wildman–Crippen MR) is 265 cm³/mol. The number of hydrogen-bond donors (Lipinski definition) is 1. The predicted octanol–water partition coefficient (Wildman–Crippen LogP) is 10.9. The summed E-state index contributed by atoms with van der Waals surface area (Å²) in [4.78, 5) is 37.4. The number of ether oxygens (including phenoxy) is 2. The second-order valence-electron chi connectivity index (χ2n) is 20.2. The normalized spacial score (nSPS) is 25.5. The molecule has 8 atom stereocenters. The van der Waals surface area contributed by atoms with Crippen molar-refractivity contribution in [2.45, 2.75) is 172 Å². The van der Waals surface area contributed by atoms with Gasteiger partial charge >= 0.3 is 35.0 Å². The third-order valence-corrected chi connectivity index (χ3v) is 15.1. The van der Waals surface area contributed by atoms with Crippen molar-refractivity contribution < 1.29 is 24.2 Å². The van der Waals surface area contributed by atoms with Crippen LogP contribution in [0.4, 0.5) is 0 Å². The topological polar surface area (TPSA) is 129 Å². The van der Waals surface area contributed by atoms with Crippen LogP contribution in [0.1, 0.15) is 179 Å². The van der Waals surface area contributed by atoms with E-state index in [0.29, 0.717) is 28.3 Å². The molecule has 1 N–H and O–H groups in total. The summed E-state index contributed by atoms with van der Waals surface area (Å²) in [5, 5.41) is 23.9. The summed E-state index contributed by atoms with van der Waals surface area (Å²) in [7, 11) is 1.36. The van der Waals surface area contributed by atoms with Gasteiger partial charge in [0.2, 0.25) is 0 Å². The van der Waals surface area contributed by atoms with Crippen LogP contribution in [0.15, 0.2) is 40.4 Å². The molecule has 1 unspecified atom stereocenters. The van der Waals surface area contributed by atoms with E-state index in [2.05, 4.69) is 87.5 Å². The fraction of sp³-hybridized carbons (Fsp3) is 0.636. The number of nitrogens with zero attached hydrogens (tertiary/aromatic N) is 4. The first-order valence-electron chi connectivity index (χ1n) is 24.8. The second kappa shape index (κ2) is 23.5. The molecule has 1 fully saturated rings. The number of allylic oxidation sites excluding steroid dienone is 4. The average molecular weight is 900 g/mol. The molecule has 9 nitrogen and oxygen atoms in total. The zero-order valence-corrected chi connectivity index (χ0v) is 43.4. The minimum Gasteiger partial charge on any atom is -0.681 e. The van der Waals surface area contributed by atoms with Crippen LogP contribution in [0.3, 0.4) is 0 Å². The smallest absolute Gasteiger partial charge is 0.681 e. The van der Waals surface area contributed by atoms with E-state index in [1.54, 1.807) is 0 Å². The number of aliphatic hydroxyl groups excluding tert-OH is 1. The fourth-order valence-electron chi connectivity index (χ4n) is 10.9. The SMILES string of the molecule is CCc1c2[n-]c(c1C)/C=C1\[N-]C(=C(C)[C@H]1CC)/C=C1\[N-]C(C3=c4[n-]/c(c(C)c4[C@H](O)[C@@H]3C(=O)OC)=C\2)[C@@H](CCC(=O)OC/C=C(\C)CCC[C@@H](C)CCC[C@H](C)CCCC(C)C)[C@@H]1C.[Mg+2]. The van der Waals surface area contributed by atoms with E-state index < -0.39 is 24.0 Å². The number of fused-ring (bicyclic) bond motifs is 8. The van der Waals surface area contributed by atoms with Crippen molar-refractivity contribution in [3.05, 3.63) is 95.4 Å². The molecule has 65 heavy (non-hydrogen) atoms. The molecule has 3 aliphatic heterocycles. The number of aromatic nitrogens is 2. The van der Waals surface area contributed by atoms with Crippen LogP contribution < -0.4 is 20.7 Å². The number of esters is 2. The molecule has 4 aliphatic rings. The maximum Gasteiger partial charge on any atom is 2.00 e.